The molecule has 0 saturated heterocycles. The van der Waals surface area contributed by atoms with Gasteiger partial charge in [0, 0.05) is 12.5 Å². The number of alkyl carbamates (subject to hydrolysis) is 1. The number of nitriles is 2. The highest BCUT2D eigenvalue weighted by Gasteiger charge is 2.25. The van der Waals surface area contributed by atoms with Crippen molar-refractivity contribution in [2.45, 2.75) is 77.5 Å². The molecule has 0 unspecified atom stereocenters. The Morgan fingerprint density at radius 2 is 1.83 bits per heavy atom. The summed E-state index contributed by atoms with van der Waals surface area (Å²) in [5, 5.41) is 22.6. The number of unbranched alkanes of at least 4 members (excludes halogenated alkanes) is 1. The fraction of sp³-hybridized carbons (Fsp3) is 0.750. The van der Waals surface area contributed by atoms with E-state index in [1.807, 2.05) is 19.1 Å². The summed E-state index contributed by atoms with van der Waals surface area (Å²) in [5.41, 5.74) is -0.662. The maximum absolute atomic E-state index is 12.3. The van der Waals surface area contributed by atoms with Crippen molar-refractivity contribution < 1.29 is 14.3 Å². The first-order valence-corrected chi connectivity index (χ1v) is 7.77. The highest BCUT2D eigenvalue weighted by atomic mass is 16.6. The molecule has 0 heterocycles. The molecule has 128 valence electrons. The standard InChI is InChI=1S/C16H26N4O3/c1-5-12(9-11-18)19-14(21)13(8-6-7-10-17)20-15(22)23-16(2,3)4/h12-13H,5-9H2,1-4H3,(H,19,21)(H,20,22)/t12-,13-/m0/s1. The Kier molecular flexibility index (Phi) is 9.41. The zero-order valence-electron chi connectivity index (χ0n) is 14.3. The lowest BCUT2D eigenvalue weighted by molar-refractivity contribution is -0.124. The van der Waals surface area contributed by atoms with E-state index < -0.39 is 17.7 Å². The summed E-state index contributed by atoms with van der Waals surface area (Å²) >= 11 is 0. The monoisotopic (exact) mass is 322 g/mol. The quantitative estimate of drug-likeness (QED) is 0.666. The highest BCUT2D eigenvalue weighted by molar-refractivity contribution is 5.85. The predicted octanol–water partition coefficient (Wildman–Crippen LogP) is 2.38. The second kappa shape index (κ2) is 10.4. The normalized spacial score (nSPS) is 13.1. The minimum absolute atomic E-state index is 0.208. The van der Waals surface area contributed by atoms with Crippen molar-refractivity contribution in [3.63, 3.8) is 0 Å². The molecular formula is C16H26N4O3. The van der Waals surface area contributed by atoms with E-state index in [-0.39, 0.29) is 18.4 Å². The predicted molar refractivity (Wildman–Crippen MR) is 85.1 cm³/mol. The van der Waals surface area contributed by atoms with Gasteiger partial charge < -0.3 is 15.4 Å². The maximum atomic E-state index is 12.3. The number of amides is 2. The Bertz CT molecular complexity index is 471. The van der Waals surface area contributed by atoms with Crippen LogP contribution in [0.4, 0.5) is 4.79 Å². The van der Waals surface area contributed by atoms with Gasteiger partial charge in [0.15, 0.2) is 0 Å². The zero-order valence-corrected chi connectivity index (χ0v) is 14.3. The Labute approximate surface area is 138 Å². The average molecular weight is 322 g/mol. The molecule has 2 atom stereocenters. The van der Waals surface area contributed by atoms with Gasteiger partial charge >= 0.3 is 6.09 Å². The van der Waals surface area contributed by atoms with Crippen molar-refractivity contribution in [2.75, 3.05) is 0 Å². The first-order valence-electron chi connectivity index (χ1n) is 7.77. The van der Waals surface area contributed by atoms with Crippen molar-refractivity contribution in [2.24, 2.45) is 0 Å². The first kappa shape index (κ1) is 20.7. The van der Waals surface area contributed by atoms with E-state index in [1.54, 1.807) is 20.8 Å². The topological polar surface area (TPSA) is 115 Å². The summed E-state index contributed by atoms with van der Waals surface area (Å²) in [7, 11) is 0. The second-order valence-electron chi connectivity index (χ2n) is 6.23. The van der Waals surface area contributed by atoms with Gasteiger partial charge in [0.2, 0.25) is 5.91 Å². The van der Waals surface area contributed by atoms with Crippen LogP contribution in [-0.4, -0.2) is 29.7 Å². The first-order chi connectivity index (χ1) is 10.7. The van der Waals surface area contributed by atoms with Crippen molar-refractivity contribution in [3.8, 4) is 12.1 Å². The minimum atomic E-state index is -0.786. The highest BCUT2D eigenvalue weighted by Crippen LogP contribution is 2.09. The summed E-state index contributed by atoms with van der Waals surface area (Å²) in [6.07, 6.45) is 1.27. The third-order valence-electron chi connectivity index (χ3n) is 2.97. The van der Waals surface area contributed by atoms with Gasteiger partial charge in [-0.15, -0.1) is 0 Å². The van der Waals surface area contributed by atoms with Crippen molar-refractivity contribution in [1.82, 2.24) is 10.6 Å². The van der Waals surface area contributed by atoms with Gasteiger partial charge in [0.1, 0.15) is 11.6 Å². The van der Waals surface area contributed by atoms with Crippen molar-refractivity contribution >= 4 is 12.0 Å². The number of hydrogen-bond donors (Lipinski definition) is 2. The number of carbonyl (C=O) groups is 2. The number of hydrogen-bond acceptors (Lipinski definition) is 5. The molecule has 0 aromatic carbocycles. The molecule has 0 rings (SSSR count). The van der Waals surface area contributed by atoms with Gasteiger partial charge in [0.25, 0.3) is 0 Å². The van der Waals surface area contributed by atoms with Crippen molar-refractivity contribution in [3.05, 3.63) is 0 Å². The lowest BCUT2D eigenvalue weighted by Gasteiger charge is -2.24. The third-order valence-corrected chi connectivity index (χ3v) is 2.97. The molecule has 0 fully saturated rings. The van der Waals surface area contributed by atoms with E-state index in [0.29, 0.717) is 25.7 Å². The molecule has 0 radical (unpaired) electrons. The molecule has 0 bridgehead atoms. The molecule has 2 N–H and O–H groups in total. The maximum Gasteiger partial charge on any atom is 0.408 e. The summed E-state index contributed by atoms with van der Waals surface area (Å²) < 4.78 is 5.16. The van der Waals surface area contributed by atoms with E-state index in [4.69, 9.17) is 15.3 Å². The molecule has 0 aliphatic rings. The zero-order chi connectivity index (χ0) is 17.9. The van der Waals surface area contributed by atoms with E-state index in [0.717, 1.165) is 0 Å². The molecule has 7 nitrogen and oxygen atoms in total. The summed E-state index contributed by atoms with van der Waals surface area (Å²) in [6.45, 7) is 7.07. The lowest BCUT2D eigenvalue weighted by Crippen LogP contribution is -2.50. The number of nitrogens with one attached hydrogen (secondary N) is 2. The molecule has 0 aliphatic heterocycles. The van der Waals surface area contributed by atoms with Gasteiger partial charge in [-0.2, -0.15) is 10.5 Å². The SMILES string of the molecule is CC[C@@H](CC#N)NC(=O)[C@H](CCCC#N)NC(=O)OC(C)(C)C. The summed E-state index contributed by atoms with van der Waals surface area (Å²) in [4.78, 5) is 24.2. The summed E-state index contributed by atoms with van der Waals surface area (Å²) in [6, 6.07) is 2.98. The second-order valence-corrected chi connectivity index (χ2v) is 6.23. The lowest BCUT2D eigenvalue weighted by atomic mass is 10.1. The van der Waals surface area contributed by atoms with Crippen LogP contribution in [0.2, 0.25) is 0 Å². The Morgan fingerprint density at radius 3 is 2.30 bits per heavy atom. The fourth-order valence-corrected chi connectivity index (χ4v) is 1.81. The van der Waals surface area contributed by atoms with E-state index in [1.165, 1.54) is 0 Å². The van der Waals surface area contributed by atoms with Crippen LogP contribution in [0.3, 0.4) is 0 Å². The molecule has 23 heavy (non-hydrogen) atoms. The van der Waals surface area contributed by atoms with Crippen LogP contribution >= 0.6 is 0 Å². The minimum Gasteiger partial charge on any atom is -0.444 e. The van der Waals surface area contributed by atoms with Crippen molar-refractivity contribution in [1.29, 1.82) is 10.5 Å². The van der Waals surface area contributed by atoms with Crippen LogP contribution in [0.5, 0.6) is 0 Å². The van der Waals surface area contributed by atoms with Gasteiger partial charge in [-0.1, -0.05) is 6.92 Å². The van der Waals surface area contributed by atoms with Crippen LogP contribution in [0.15, 0.2) is 0 Å². The largest absolute Gasteiger partial charge is 0.444 e. The molecule has 0 spiro atoms. The van der Waals surface area contributed by atoms with E-state index in [2.05, 4.69) is 10.6 Å². The number of nitrogens with zero attached hydrogens (tertiary/aromatic N) is 2. The molecule has 2 amide bonds. The average Bonchev–Trinajstić information content (AvgIpc) is 2.43. The molecule has 0 saturated carbocycles. The Balaban J connectivity index is 4.78. The van der Waals surface area contributed by atoms with Crippen LogP contribution in [0.25, 0.3) is 0 Å². The van der Waals surface area contributed by atoms with E-state index >= 15 is 0 Å². The van der Waals surface area contributed by atoms with Crippen LogP contribution in [-0.2, 0) is 9.53 Å². The smallest absolute Gasteiger partial charge is 0.408 e. The molecule has 0 aromatic heterocycles. The number of rotatable bonds is 8. The molecule has 7 heteroatoms. The summed E-state index contributed by atoms with van der Waals surface area (Å²) in [5.74, 6) is -0.365. The van der Waals surface area contributed by atoms with Gasteiger partial charge in [-0.05, 0) is 40.0 Å². The third kappa shape index (κ3) is 10.1. The van der Waals surface area contributed by atoms with Gasteiger partial charge in [-0.3, -0.25) is 4.79 Å². The van der Waals surface area contributed by atoms with Crippen LogP contribution < -0.4 is 10.6 Å². The van der Waals surface area contributed by atoms with Gasteiger partial charge in [-0.25, -0.2) is 4.79 Å². The van der Waals surface area contributed by atoms with Crippen LogP contribution in [0.1, 0.15) is 59.8 Å². The van der Waals surface area contributed by atoms with Gasteiger partial charge in [0.05, 0.1) is 18.6 Å². The number of carbonyl (C=O) groups excluding carboxylic acids is 2. The Morgan fingerprint density at radius 1 is 1.17 bits per heavy atom. The molecule has 0 aromatic rings. The van der Waals surface area contributed by atoms with E-state index in [9.17, 15) is 9.59 Å². The Hall–Kier alpha value is -2.28. The molecule has 0 aliphatic carbocycles. The van der Waals surface area contributed by atoms with Crippen LogP contribution in [0, 0.1) is 22.7 Å². The molecular weight excluding hydrogens is 296 g/mol. The number of ether oxygens (including phenoxy) is 1. The fourth-order valence-electron chi connectivity index (χ4n) is 1.81.